The predicted octanol–water partition coefficient (Wildman–Crippen LogP) is 3.08. The van der Waals surface area contributed by atoms with Gasteiger partial charge in [0.25, 0.3) is 0 Å². The van der Waals surface area contributed by atoms with Gasteiger partial charge in [0.15, 0.2) is 0 Å². The average molecular weight is 251 g/mol. The molecule has 1 fully saturated rings. The lowest BCUT2D eigenvalue weighted by molar-refractivity contribution is 0.0697. The largest absolute Gasteiger partial charge is 0.478 e. The molecule has 0 radical (unpaired) electrons. The van der Waals surface area contributed by atoms with Gasteiger partial charge in [0, 0.05) is 17.0 Å². The zero-order valence-electron chi connectivity index (χ0n) is 9.85. The van der Waals surface area contributed by atoms with E-state index in [0.717, 1.165) is 5.69 Å². The third-order valence-corrected chi connectivity index (χ3v) is 4.47. The van der Waals surface area contributed by atoms with Crippen molar-refractivity contribution in [3.05, 3.63) is 29.8 Å². The van der Waals surface area contributed by atoms with E-state index in [-0.39, 0.29) is 0 Å². The molecule has 4 heteroatoms. The number of carboxylic acid groups (broad SMARTS) is 1. The third kappa shape index (κ3) is 3.16. The second-order valence-corrected chi connectivity index (χ2v) is 5.84. The van der Waals surface area contributed by atoms with Crippen LogP contribution in [-0.4, -0.2) is 28.1 Å². The first-order valence-electron chi connectivity index (χ1n) is 5.88. The number of anilines is 1. The van der Waals surface area contributed by atoms with E-state index in [1.165, 1.54) is 18.6 Å². The van der Waals surface area contributed by atoms with E-state index < -0.39 is 5.97 Å². The first kappa shape index (κ1) is 12.3. The molecule has 17 heavy (non-hydrogen) atoms. The van der Waals surface area contributed by atoms with Crippen LogP contribution in [0, 0.1) is 0 Å². The van der Waals surface area contributed by atoms with Gasteiger partial charge in [-0.05, 0) is 42.9 Å². The summed E-state index contributed by atoms with van der Waals surface area (Å²) in [6.07, 6.45) is 2.44. The molecule has 3 nitrogen and oxygen atoms in total. The molecule has 1 aliphatic heterocycles. The van der Waals surface area contributed by atoms with Gasteiger partial charge in [-0.2, -0.15) is 11.8 Å². The zero-order chi connectivity index (χ0) is 12.3. The fraction of sp³-hybridized carbons (Fsp3) is 0.462. The van der Waals surface area contributed by atoms with Crippen molar-refractivity contribution in [1.82, 2.24) is 0 Å². The minimum absolute atomic E-state index is 0.335. The van der Waals surface area contributed by atoms with Crippen molar-refractivity contribution in [3.8, 4) is 0 Å². The van der Waals surface area contributed by atoms with E-state index >= 15 is 0 Å². The summed E-state index contributed by atoms with van der Waals surface area (Å²) in [6, 6.07) is 7.46. The van der Waals surface area contributed by atoms with Crippen molar-refractivity contribution in [2.45, 2.75) is 31.1 Å². The minimum Gasteiger partial charge on any atom is -0.478 e. The summed E-state index contributed by atoms with van der Waals surface area (Å²) in [6.45, 7) is 2.24. The molecule has 2 unspecified atom stereocenters. The summed E-state index contributed by atoms with van der Waals surface area (Å²) in [5, 5.41) is 12.9. The Morgan fingerprint density at radius 3 is 2.71 bits per heavy atom. The van der Waals surface area contributed by atoms with E-state index in [1.807, 2.05) is 23.9 Å². The van der Waals surface area contributed by atoms with Gasteiger partial charge in [0.1, 0.15) is 0 Å². The number of rotatable bonds is 3. The van der Waals surface area contributed by atoms with Gasteiger partial charge in [-0.3, -0.25) is 0 Å². The van der Waals surface area contributed by atoms with Crippen LogP contribution < -0.4 is 5.32 Å². The van der Waals surface area contributed by atoms with Crippen molar-refractivity contribution in [1.29, 1.82) is 0 Å². The van der Waals surface area contributed by atoms with Crippen LogP contribution in [0.15, 0.2) is 24.3 Å². The van der Waals surface area contributed by atoms with Crippen molar-refractivity contribution in [2.24, 2.45) is 0 Å². The summed E-state index contributed by atoms with van der Waals surface area (Å²) in [4.78, 5) is 10.7. The van der Waals surface area contributed by atoms with Crippen molar-refractivity contribution in [2.75, 3.05) is 11.1 Å². The number of benzene rings is 1. The Morgan fingerprint density at radius 2 is 2.12 bits per heavy atom. The summed E-state index contributed by atoms with van der Waals surface area (Å²) in [5.41, 5.74) is 1.34. The van der Waals surface area contributed by atoms with Gasteiger partial charge in [0.05, 0.1) is 5.56 Å². The summed E-state index contributed by atoms with van der Waals surface area (Å²) in [5.74, 6) is 0.371. The van der Waals surface area contributed by atoms with Crippen LogP contribution in [0.3, 0.4) is 0 Å². The van der Waals surface area contributed by atoms with Crippen LogP contribution in [0.1, 0.15) is 30.1 Å². The van der Waals surface area contributed by atoms with Crippen molar-refractivity contribution < 1.29 is 9.90 Å². The van der Waals surface area contributed by atoms with E-state index in [4.69, 9.17) is 5.11 Å². The lowest BCUT2D eigenvalue weighted by Crippen LogP contribution is -2.32. The maximum atomic E-state index is 10.7. The fourth-order valence-electron chi connectivity index (χ4n) is 2.04. The molecule has 1 heterocycles. The molecule has 1 aromatic rings. The topological polar surface area (TPSA) is 49.3 Å². The van der Waals surface area contributed by atoms with Gasteiger partial charge in [-0.25, -0.2) is 4.79 Å². The molecule has 0 aliphatic carbocycles. The molecule has 0 amide bonds. The Balaban J connectivity index is 2.00. The van der Waals surface area contributed by atoms with Gasteiger partial charge in [-0.1, -0.05) is 6.92 Å². The highest BCUT2D eigenvalue weighted by molar-refractivity contribution is 8.00. The third-order valence-electron chi connectivity index (χ3n) is 3.09. The highest BCUT2D eigenvalue weighted by Crippen LogP contribution is 2.27. The van der Waals surface area contributed by atoms with Gasteiger partial charge < -0.3 is 10.4 Å². The molecule has 0 bridgehead atoms. The van der Waals surface area contributed by atoms with Gasteiger partial charge in [-0.15, -0.1) is 0 Å². The minimum atomic E-state index is -0.877. The Kier molecular flexibility index (Phi) is 3.94. The van der Waals surface area contributed by atoms with E-state index in [9.17, 15) is 4.79 Å². The van der Waals surface area contributed by atoms with Crippen LogP contribution >= 0.6 is 11.8 Å². The summed E-state index contributed by atoms with van der Waals surface area (Å²) >= 11 is 2.00. The van der Waals surface area contributed by atoms with Gasteiger partial charge >= 0.3 is 5.97 Å². The normalized spacial score (nSPS) is 24.3. The number of thioether (sulfide) groups is 1. The molecule has 2 rings (SSSR count). The Hall–Kier alpha value is -1.16. The van der Waals surface area contributed by atoms with E-state index in [0.29, 0.717) is 16.9 Å². The van der Waals surface area contributed by atoms with Crippen LogP contribution in [0.2, 0.25) is 0 Å². The first-order chi connectivity index (χ1) is 8.16. The molecule has 0 spiro atoms. The van der Waals surface area contributed by atoms with E-state index in [1.54, 1.807) is 12.1 Å². The second-order valence-electron chi connectivity index (χ2n) is 4.35. The number of nitrogens with one attached hydrogen (secondary N) is 1. The summed E-state index contributed by atoms with van der Waals surface area (Å²) < 4.78 is 0. The van der Waals surface area contributed by atoms with Crippen molar-refractivity contribution >= 4 is 23.4 Å². The molecule has 0 aromatic heterocycles. The molecule has 1 aromatic carbocycles. The van der Waals surface area contributed by atoms with Crippen LogP contribution in [0.5, 0.6) is 0 Å². The lowest BCUT2D eigenvalue weighted by atomic mass is 10.1. The quantitative estimate of drug-likeness (QED) is 0.866. The average Bonchev–Trinajstić information content (AvgIpc) is 2.33. The van der Waals surface area contributed by atoms with Crippen LogP contribution in [-0.2, 0) is 0 Å². The lowest BCUT2D eigenvalue weighted by Gasteiger charge is -2.29. The fourth-order valence-corrected chi connectivity index (χ4v) is 3.18. The van der Waals surface area contributed by atoms with E-state index in [2.05, 4.69) is 12.2 Å². The monoisotopic (exact) mass is 251 g/mol. The summed E-state index contributed by atoms with van der Waals surface area (Å²) in [7, 11) is 0. The molecule has 2 atom stereocenters. The number of hydrogen-bond acceptors (Lipinski definition) is 3. The highest BCUT2D eigenvalue weighted by Gasteiger charge is 2.21. The first-order valence-corrected chi connectivity index (χ1v) is 6.93. The molecular formula is C13H17NO2S. The zero-order valence-corrected chi connectivity index (χ0v) is 10.7. The maximum absolute atomic E-state index is 10.7. The molecule has 0 saturated carbocycles. The van der Waals surface area contributed by atoms with Crippen LogP contribution in [0.4, 0.5) is 5.69 Å². The highest BCUT2D eigenvalue weighted by atomic mass is 32.2. The molecule has 92 valence electrons. The molecule has 2 N–H and O–H groups in total. The number of hydrogen-bond donors (Lipinski definition) is 2. The number of carbonyl (C=O) groups is 1. The Bertz CT molecular complexity index is 391. The molecule has 1 saturated heterocycles. The predicted molar refractivity (Wildman–Crippen MR) is 72.0 cm³/mol. The van der Waals surface area contributed by atoms with Crippen molar-refractivity contribution in [3.63, 3.8) is 0 Å². The Labute approximate surface area is 106 Å². The SMILES string of the molecule is CC1SCCCC1Nc1ccc(C(=O)O)cc1. The number of carboxylic acids is 1. The standard InChI is InChI=1S/C13H17NO2S/c1-9-12(3-2-8-17-9)14-11-6-4-10(5-7-11)13(15)16/h4-7,9,12,14H,2-3,8H2,1H3,(H,15,16). The Morgan fingerprint density at radius 1 is 1.41 bits per heavy atom. The van der Waals surface area contributed by atoms with Gasteiger partial charge in [0.2, 0.25) is 0 Å². The second kappa shape index (κ2) is 5.45. The van der Waals surface area contributed by atoms with Crippen LogP contribution in [0.25, 0.3) is 0 Å². The molecular weight excluding hydrogens is 234 g/mol. The molecule has 1 aliphatic rings. The maximum Gasteiger partial charge on any atom is 0.335 e. The smallest absolute Gasteiger partial charge is 0.335 e. The number of aromatic carboxylic acids is 1.